The van der Waals surface area contributed by atoms with Crippen LogP contribution in [0.5, 0.6) is 5.75 Å². The van der Waals surface area contributed by atoms with Crippen molar-refractivity contribution in [2.45, 2.75) is 11.3 Å². The SMILES string of the molecule is O=C(NCCCOc1ccccc1F)c1ccc(Cl)c(NS(=O)(=O)c2ccc(F)cc2)c1. The van der Waals surface area contributed by atoms with Crippen molar-refractivity contribution in [1.29, 1.82) is 0 Å². The summed E-state index contributed by atoms with van der Waals surface area (Å²) >= 11 is 6.07. The normalized spacial score (nSPS) is 11.1. The molecule has 1 amide bonds. The largest absolute Gasteiger partial charge is 0.490 e. The lowest BCUT2D eigenvalue weighted by atomic mass is 10.2. The Morgan fingerprint density at radius 1 is 1.00 bits per heavy atom. The third kappa shape index (κ3) is 6.18. The quantitative estimate of drug-likeness (QED) is 0.438. The molecule has 2 N–H and O–H groups in total. The second kappa shape index (κ2) is 10.4. The van der Waals surface area contributed by atoms with Gasteiger partial charge >= 0.3 is 0 Å². The lowest BCUT2D eigenvalue weighted by Gasteiger charge is -2.12. The Labute approximate surface area is 189 Å². The summed E-state index contributed by atoms with van der Waals surface area (Å²) < 4.78 is 59.2. The zero-order valence-electron chi connectivity index (χ0n) is 16.6. The summed E-state index contributed by atoms with van der Waals surface area (Å²) in [7, 11) is -4.03. The predicted octanol–water partition coefficient (Wildman–Crippen LogP) is 4.62. The molecule has 0 unspecified atom stereocenters. The number of hydrogen-bond donors (Lipinski definition) is 2. The maximum Gasteiger partial charge on any atom is 0.261 e. The fourth-order valence-corrected chi connectivity index (χ4v) is 3.97. The summed E-state index contributed by atoms with van der Waals surface area (Å²) in [6.45, 7) is 0.455. The number of carbonyl (C=O) groups excluding carboxylic acids is 1. The Hall–Kier alpha value is -3.17. The first kappa shape index (κ1) is 23.5. The van der Waals surface area contributed by atoms with Crippen LogP contribution in [0.2, 0.25) is 5.02 Å². The molecule has 0 fully saturated rings. The van der Waals surface area contributed by atoms with Crippen LogP contribution < -0.4 is 14.8 Å². The summed E-state index contributed by atoms with van der Waals surface area (Å²) in [6, 6.07) is 14.4. The standard InChI is InChI=1S/C22H19ClF2N2O4S/c23-18-11-6-15(14-20(18)27-32(29,30)17-9-7-16(24)8-10-17)22(28)26-12-3-13-31-21-5-2-1-4-19(21)25/h1-2,4-11,14,27H,3,12-13H2,(H,26,28). The zero-order valence-corrected chi connectivity index (χ0v) is 18.2. The topological polar surface area (TPSA) is 84.5 Å². The zero-order chi connectivity index (χ0) is 23.1. The number of nitrogens with one attached hydrogen (secondary N) is 2. The molecule has 0 saturated heterocycles. The van der Waals surface area contributed by atoms with E-state index in [1.54, 1.807) is 12.1 Å². The molecule has 3 rings (SSSR count). The third-order valence-corrected chi connectivity index (χ3v) is 6.01. The van der Waals surface area contributed by atoms with Crippen molar-refractivity contribution in [3.63, 3.8) is 0 Å². The molecule has 0 aliphatic rings. The van der Waals surface area contributed by atoms with Crippen LogP contribution >= 0.6 is 11.6 Å². The molecule has 32 heavy (non-hydrogen) atoms. The van der Waals surface area contributed by atoms with Gasteiger partial charge in [0.25, 0.3) is 15.9 Å². The Balaban J connectivity index is 1.57. The Bertz CT molecular complexity index is 1200. The van der Waals surface area contributed by atoms with Crippen molar-refractivity contribution in [3.8, 4) is 5.75 Å². The molecule has 0 radical (unpaired) electrons. The van der Waals surface area contributed by atoms with Crippen LogP contribution in [-0.4, -0.2) is 27.5 Å². The van der Waals surface area contributed by atoms with E-state index < -0.39 is 27.6 Å². The van der Waals surface area contributed by atoms with Gasteiger partial charge in [0.15, 0.2) is 11.6 Å². The molecule has 0 aromatic heterocycles. The van der Waals surface area contributed by atoms with Gasteiger partial charge in [-0.25, -0.2) is 17.2 Å². The average molecular weight is 481 g/mol. The monoisotopic (exact) mass is 480 g/mol. The molecule has 3 aromatic rings. The maximum atomic E-state index is 13.5. The van der Waals surface area contributed by atoms with Gasteiger partial charge in [0.1, 0.15) is 5.82 Å². The fourth-order valence-electron chi connectivity index (χ4n) is 2.68. The minimum atomic E-state index is -4.03. The Morgan fingerprint density at radius 3 is 2.44 bits per heavy atom. The van der Waals surface area contributed by atoms with Crippen LogP contribution in [-0.2, 0) is 10.0 Å². The number of hydrogen-bond acceptors (Lipinski definition) is 4. The highest BCUT2D eigenvalue weighted by Gasteiger charge is 2.17. The van der Waals surface area contributed by atoms with Crippen molar-refractivity contribution in [2.75, 3.05) is 17.9 Å². The van der Waals surface area contributed by atoms with Gasteiger partial charge in [-0.3, -0.25) is 9.52 Å². The summed E-state index contributed by atoms with van der Waals surface area (Å²) in [4.78, 5) is 12.2. The van der Waals surface area contributed by atoms with Gasteiger partial charge in [0.05, 0.1) is 22.2 Å². The van der Waals surface area contributed by atoms with E-state index in [-0.39, 0.29) is 40.1 Å². The van der Waals surface area contributed by atoms with E-state index in [1.807, 2.05) is 0 Å². The molecule has 0 aliphatic carbocycles. The number of rotatable bonds is 9. The lowest BCUT2D eigenvalue weighted by molar-refractivity contribution is 0.0951. The molecule has 0 bridgehead atoms. The molecule has 6 nitrogen and oxygen atoms in total. The number of anilines is 1. The molecule has 0 spiro atoms. The number of carbonyl (C=O) groups is 1. The average Bonchev–Trinajstić information content (AvgIpc) is 2.76. The van der Waals surface area contributed by atoms with E-state index in [2.05, 4.69) is 10.0 Å². The van der Waals surface area contributed by atoms with Gasteiger partial charge in [0, 0.05) is 12.1 Å². The van der Waals surface area contributed by atoms with Crippen molar-refractivity contribution in [3.05, 3.63) is 89.0 Å². The van der Waals surface area contributed by atoms with E-state index in [0.29, 0.717) is 6.42 Å². The summed E-state index contributed by atoms with van der Waals surface area (Å²) in [5.41, 5.74) is 0.188. The second-order valence-electron chi connectivity index (χ2n) is 6.64. The van der Waals surface area contributed by atoms with E-state index in [0.717, 1.165) is 24.3 Å². The van der Waals surface area contributed by atoms with Crippen LogP contribution in [0.4, 0.5) is 14.5 Å². The number of halogens is 3. The van der Waals surface area contributed by atoms with Gasteiger partial charge in [0.2, 0.25) is 0 Å². The second-order valence-corrected chi connectivity index (χ2v) is 8.73. The molecule has 0 atom stereocenters. The van der Waals surface area contributed by atoms with Crippen molar-refractivity contribution >= 4 is 33.2 Å². The van der Waals surface area contributed by atoms with Crippen LogP contribution in [0.15, 0.2) is 71.6 Å². The van der Waals surface area contributed by atoms with Crippen LogP contribution in [0, 0.1) is 11.6 Å². The van der Waals surface area contributed by atoms with Crippen molar-refractivity contribution in [2.24, 2.45) is 0 Å². The van der Waals surface area contributed by atoms with Gasteiger partial charge in [-0.1, -0.05) is 23.7 Å². The first-order valence-electron chi connectivity index (χ1n) is 9.50. The highest BCUT2D eigenvalue weighted by molar-refractivity contribution is 7.92. The molecular formula is C22H19ClF2N2O4S. The van der Waals surface area contributed by atoms with Gasteiger partial charge in [-0.2, -0.15) is 0 Å². The van der Waals surface area contributed by atoms with E-state index in [9.17, 15) is 22.0 Å². The van der Waals surface area contributed by atoms with E-state index >= 15 is 0 Å². The number of ether oxygens (including phenoxy) is 1. The number of para-hydroxylation sites is 1. The van der Waals surface area contributed by atoms with Gasteiger partial charge < -0.3 is 10.1 Å². The van der Waals surface area contributed by atoms with Gasteiger partial charge in [-0.05, 0) is 61.0 Å². The Kier molecular flexibility index (Phi) is 7.66. The Morgan fingerprint density at radius 2 is 1.72 bits per heavy atom. The highest BCUT2D eigenvalue weighted by atomic mass is 35.5. The number of amides is 1. The van der Waals surface area contributed by atoms with Crippen LogP contribution in [0.1, 0.15) is 16.8 Å². The minimum Gasteiger partial charge on any atom is -0.490 e. The van der Waals surface area contributed by atoms with Gasteiger partial charge in [-0.15, -0.1) is 0 Å². The molecule has 3 aromatic carbocycles. The lowest BCUT2D eigenvalue weighted by Crippen LogP contribution is -2.25. The van der Waals surface area contributed by atoms with Crippen LogP contribution in [0.25, 0.3) is 0 Å². The summed E-state index contributed by atoms with van der Waals surface area (Å²) in [5, 5.41) is 2.76. The first-order chi connectivity index (χ1) is 15.3. The summed E-state index contributed by atoms with van der Waals surface area (Å²) in [6.07, 6.45) is 0.428. The maximum absolute atomic E-state index is 13.5. The predicted molar refractivity (Wildman–Crippen MR) is 118 cm³/mol. The fraction of sp³-hybridized carbons (Fsp3) is 0.136. The highest BCUT2D eigenvalue weighted by Crippen LogP contribution is 2.26. The molecule has 10 heteroatoms. The third-order valence-electron chi connectivity index (χ3n) is 4.30. The smallest absolute Gasteiger partial charge is 0.261 e. The van der Waals surface area contributed by atoms with Crippen molar-refractivity contribution < 1.29 is 26.7 Å². The molecule has 0 heterocycles. The van der Waals surface area contributed by atoms with Crippen molar-refractivity contribution in [1.82, 2.24) is 5.32 Å². The first-order valence-corrected chi connectivity index (χ1v) is 11.4. The number of sulfonamides is 1. The van der Waals surface area contributed by atoms with E-state index in [4.69, 9.17) is 16.3 Å². The minimum absolute atomic E-state index is 0.00604. The van der Waals surface area contributed by atoms with Crippen LogP contribution in [0.3, 0.4) is 0 Å². The number of benzene rings is 3. The molecular weight excluding hydrogens is 462 g/mol. The molecule has 0 saturated carbocycles. The van der Waals surface area contributed by atoms with E-state index in [1.165, 1.54) is 30.3 Å². The summed E-state index contributed by atoms with van der Waals surface area (Å²) in [5.74, 6) is -1.35. The molecule has 168 valence electrons. The molecule has 0 aliphatic heterocycles.